The minimum absolute atomic E-state index is 0.248. The van der Waals surface area contributed by atoms with E-state index in [1.165, 1.54) is 12.3 Å². The third-order valence-corrected chi connectivity index (χ3v) is 2.32. The molecule has 3 heteroatoms. The van der Waals surface area contributed by atoms with Crippen LogP contribution in [0, 0.1) is 5.82 Å². The van der Waals surface area contributed by atoms with Crippen LogP contribution in [0.3, 0.4) is 0 Å². The van der Waals surface area contributed by atoms with Crippen molar-refractivity contribution in [2.45, 2.75) is 19.3 Å². The Morgan fingerprint density at radius 3 is 2.79 bits per heavy atom. The fourth-order valence-corrected chi connectivity index (χ4v) is 1.56. The van der Waals surface area contributed by atoms with E-state index in [0.717, 1.165) is 11.1 Å². The molecular weight excluding hydrogens is 181 g/mol. The number of aromatic nitrogens is 1. The van der Waals surface area contributed by atoms with Crippen LogP contribution in [0.1, 0.15) is 24.8 Å². The SMILES string of the molecule is O=C1CC=C(c2cncc(F)c2)CC1. The standard InChI is InChI=1S/C11H10FNO/c12-10-5-9(6-13-7-10)8-1-3-11(14)4-2-8/h1,5-7H,2-4H2. The fraction of sp³-hybridized carbons (Fsp3) is 0.273. The van der Waals surface area contributed by atoms with Crippen molar-refractivity contribution in [2.75, 3.05) is 0 Å². The van der Waals surface area contributed by atoms with Gasteiger partial charge in [-0.15, -0.1) is 0 Å². The first-order chi connectivity index (χ1) is 6.75. The molecule has 0 aliphatic heterocycles. The second kappa shape index (κ2) is 3.70. The van der Waals surface area contributed by atoms with Crippen molar-refractivity contribution in [3.05, 3.63) is 35.9 Å². The summed E-state index contributed by atoms with van der Waals surface area (Å²) < 4.78 is 12.8. The van der Waals surface area contributed by atoms with Crippen LogP contribution < -0.4 is 0 Å². The first-order valence-electron chi connectivity index (χ1n) is 4.57. The van der Waals surface area contributed by atoms with E-state index in [2.05, 4.69) is 4.98 Å². The van der Waals surface area contributed by atoms with Gasteiger partial charge in [0, 0.05) is 19.0 Å². The molecule has 0 unspecified atom stereocenters. The summed E-state index contributed by atoms with van der Waals surface area (Å²) >= 11 is 0. The van der Waals surface area contributed by atoms with E-state index in [0.29, 0.717) is 19.3 Å². The second-order valence-electron chi connectivity index (χ2n) is 3.36. The number of hydrogen-bond acceptors (Lipinski definition) is 2. The monoisotopic (exact) mass is 191 g/mol. The molecule has 0 bridgehead atoms. The molecule has 1 aliphatic rings. The minimum Gasteiger partial charge on any atom is -0.299 e. The Morgan fingerprint density at radius 2 is 2.14 bits per heavy atom. The first-order valence-corrected chi connectivity index (χ1v) is 4.57. The predicted octanol–water partition coefficient (Wildman–Crippen LogP) is 2.36. The predicted molar refractivity (Wildman–Crippen MR) is 51.0 cm³/mol. The molecule has 1 aromatic rings. The number of Topliss-reactive ketones (excluding diaryl/α,β-unsaturated/α-hetero) is 1. The van der Waals surface area contributed by atoms with Crippen molar-refractivity contribution in [1.29, 1.82) is 0 Å². The van der Waals surface area contributed by atoms with Crippen LogP contribution in [0.4, 0.5) is 4.39 Å². The first kappa shape index (κ1) is 9.06. The zero-order valence-electron chi connectivity index (χ0n) is 7.66. The maximum Gasteiger partial charge on any atom is 0.142 e. The number of nitrogens with zero attached hydrogens (tertiary/aromatic N) is 1. The molecule has 0 aromatic carbocycles. The molecule has 0 fully saturated rings. The van der Waals surface area contributed by atoms with Crippen LogP contribution in [0.5, 0.6) is 0 Å². The van der Waals surface area contributed by atoms with Crippen LogP contribution >= 0.6 is 0 Å². The van der Waals surface area contributed by atoms with Gasteiger partial charge in [-0.25, -0.2) is 4.39 Å². The van der Waals surface area contributed by atoms with Gasteiger partial charge in [0.1, 0.15) is 11.6 Å². The quantitative estimate of drug-likeness (QED) is 0.682. The summed E-state index contributed by atoms with van der Waals surface area (Å²) in [6.45, 7) is 0. The van der Waals surface area contributed by atoms with Crippen molar-refractivity contribution >= 4 is 11.4 Å². The average Bonchev–Trinajstić information content (AvgIpc) is 2.19. The lowest BCUT2D eigenvalue weighted by atomic mass is 9.94. The van der Waals surface area contributed by atoms with Gasteiger partial charge in [0.25, 0.3) is 0 Å². The molecule has 14 heavy (non-hydrogen) atoms. The van der Waals surface area contributed by atoms with Gasteiger partial charge >= 0.3 is 0 Å². The summed E-state index contributed by atoms with van der Waals surface area (Å²) in [6, 6.07) is 1.45. The van der Waals surface area contributed by atoms with Gasteiger partial charge in [0.2, 0.25) is 0 Å². The summed E-state index contributed by atoms with van der Waals surface area (Å²) in [4.78, 5) is 14.8. The zero-order valence-corrected chi connectivity index (χ0v) is 7.66. The molecule has 0 atom stereocenters. The highest BCUT2D eigenvalue weighted by molar-refractivity contribution is 5.86. The summed E-state index contributed by atoms with van der Waals surface area (Å²) in [5.74, 6) is -0.0848. The molecule has 72 valence electrons. The van der Waals surface area contributed by atoms with Gasteiger partial charge in [-0.05, 0) is 23.6 Å². The highest BCUT2D eigenvalue weighted by atomic mass is 19.1. The number of halogens is 1. The smallest absolute Gasteiger partial charge is 0.142 e. The van der Waals surface area contributed by atoms with Crippen LogP contribution in [0.15, 0.2) is 24.5 Å². The third kappa shape index (κ3) is 1.87. The lowest BCUT2D eigenvalue weighted by Gasteiger charge is -2.11. The van der Waals surface area contributed by atoms with Gasteiger partial charge < -0.3 is 0 Å². The van der Waals surface area contributed by atoms with Crippen LogP contribution in [0.2, 0.25) is 0 Å². The average molecular weight is 191 g/mol. The third-order valence-electron chi connectivity index (χ3n) is 2.32. The number of pyridine rings is 1. The number of ketones is 1. The summed E-state index contributed by atoms with van der Waals surface area (Å²) in [6.07, 6.45) is 6.39. The summed E-state index contributed by atoms with van der Waals surface area (Å²) in [7, 11) is 0. The van der Waals surface area contributed by atoms with Crippen LogP contribution in [0.25, 0.3) is 5.57 Å². The van der Waals surface area contributed by atoms with Gasteiger partial charge in [0.05, 0.1) is 6.20 Å². The Balaban J connectivity index is 2.27. The maximum atomic E-state index is 12.8. The van der Waals surface area contributed by atoms with Crippen molar-refractivity contribution < 1.29 is 9.18 Å². The lowest BCUT2D eigenvalue weighted by Crippen LogP contribution is -2.03. The fourth-order valence-electron chi connectivity index (χ4n) is 1.56. The molecule has 0 saturated carbocycles. The maximum absolute atomic E-state index is 12.8. The van der Waals surface area contributed by atoms with Crippen LogP contribution in [-0.2, 0) is 4.79 Å². The zero-order chi connectivity index (χ0) is 9.97. The number of allylic oxidation sites excluding steroid dienone is 2. The van der Waals surface area contributed by atoms with Gasteiger partial charge in [-0.1, -0.05) is 6.08 Å². The van der Waals surface area contributed by atoms with E-state index >= 15 is 0 Å². The Hall–Kier alpha value is -1.51. The minimum atomic E-state index is -0.333. The van der Waals surface area contributed by atoms with Crippen molar-refractivity contribution in [3.63, 3.8) is 0 Å². The number of carbonyl (C=O) groups is 1. The summed E-state index contributed by atoms with van der Waals surface area (Å²) in [5.41, 5.74) is 1.81. The molecule has 0 spiro atoms. The van der Waals surface area contributed by atoms with E-state index in [1.54, 1.807) is 6.20 Å². The molecule has 2 nitrogen and oxygen atoms in total. The van der Waals surface area contributed by atoms with Gasteiger partial charge in [-0.3, -0.25) is 9.78 Å². The highest BCUT2D eigenvalue weighted by Crippen LogP contribution is 2.24. The molecule has 0 amide bonds. The molecule has 2 rings (SSSR count). The lowest BCUT2D eigenvalue weighted by molar-refractivity contribution is -0.118. The molecule has 0 saturated heterocycles. The highest BCUT2D eigenvalue weighted by Gasteiger charge is 2.12. The molecule has 0 radical (unpaired) electrons. The molecule has 1 aliphatic carbocycles. The van der Waals surface area contributed by atoms with Crippen LogP contribution in [-0.4, -0.2) is 10.8 Å². The normalized spacial score (nSPS) is 16.6. The molecule has 1 aromatic heterocycles. The van der Waals surface area contributed by atoms with E-state index < -0.39 is 0 Å². The number of rotatable bonds is 1. The topological polar surface area (TPSA) is 30.0 Å². The van der Waals surface area contributed by atoms with E-state index in [1.807, 2.05) is 6.08 Å². The van der Waals surface area contributed by atoms with Crippen molar-refractivity contribution in [3.8, 4) is 0 Å². The Morgan fingerprint density at radius 1 is 1.29 bits per heavy atom. The Labute approximate surface area is 81.5 Å². The Kier molecular flexibility index (Phi) is 2.39. The van der Waals surface area contributed by atoms with E-state index in [4.69, 9.17) is 0 Å². The van der Waals surface area contributed by atoms with E-state index in [-0.39, 0.29) is 11.6 Å². The van der Waals surface area contributed by atoms with E-state index in [9.17, 15) is 9.18 Å². The second-order valence-corrected chi connectivity index (χ2v) is 3.36. The molecular formula is C11H10FNO. The van der Waals surface area contributed by atoms with Gasteiger partial charge in [0.15, 0.2) is 0 Å². The largest absolute Gasteiger partial charge is 0.299 e. The van der Waals surface area contributed by atoms with Crippen molar-refractivity contribution in [2.24, 2.45) is 0 Å². The molecule has 1 heterocycles. The number of carbonyl (C=O) groups excluding carboxylic acids is 1. The molecule has 0 N–H and O–H groups in total. The van der Waals surface area contributed by atoms with Crippen molar-refractivity contribution in [1.82, 2.24) is 4.98 Å². The summed E-state index contributed by atoms with van der Waals surface area (Å²) in [5, 5.41) is 0. The Bertz CT molecular complexity index is 398. The van der Waals surface area contributed by atoms with Gasteiger partial charge in [-0.2, -0.15) is 0 Å². The number of hydrogen-bond donors (Lipinski definition) is 0.